The Balaban J connectivity index is 2.92. The summed E-state index contributed by atoms with van der Waals surface area (Å²) in [4.78, 5) is 0. The van der Waals surface area contributed by atoms with Gasteiger partial charge in [0.05, 0.1) is 5.56 Å². The summed E-state index contributed by atoms with van der Waals surface area (Å²) in [6.07, 6.45) is -4.47. The molecule has 0 saturated carbocycles. The number of benzene rings is 1. The van der Waals surface area contributed by atoms with Gasteiger partial charge < -0.3 is 10.5 Å². The van der Waals surface area contributed by atoms with Crippen LogP contribution in [0, 0.1) is 17.7 Å². The zero-order valence-electron chi connectivity index (χ0n) is 8.64. The average molecular weight is 247 g/mol. The smallest absolute Gasteiger partial charge is 0.406 e. The van der Waals surface area contributed by atoms with Crippen molar-refractivity contribution in [1.29, 1.82) is 0 Å². The Morgan fingerprint density at radius 2 is 2.00 bits per heavy atom. The van der Waals surface area contributed by atoms with Gasteiger partial charge in [-0.25, -0.2) is 4.39 Å². The van der Waals surface area contributed by atoms with Crippen LogP contribution in [0.25, 0.3) is 0 Å². The van der Waals surface area contributed by atoms with Gasteiger partial charge in [0.15, 0.2) is 0 Å². The molecular formula is C11H9F4NO. The van der Waals surface area contributed by atoms with Crippen LogP contribution in [0.5, 0.6) is 5.75 Å². The summed E-state index contributed by atoms with van der Waals surface area (Å²) >= 11 is 0. The molecule has 0 spiro atoms. The second-order valence-corrected chi connectivity index (χ2v) is 3.03. The molecule has 0 bridgehead atoms. The predicted molar refractivity (Wildman–Crippen MR) is 53.6 cm³/mol. The lowest BCUT2D eigenvalue weighted by Crippen LogP contribution is -2.17. The number of halogens is 4. The van der Waals surface area contributed by atoms with Crippen molar-refractivity contribution in [2.24, 2.45) is 5.73 Å². The molecule has 17 heavy (non-hydrogen) atoms. The maximum atomic E-state index is 13.2. The first-order chi connectivity index (χ1) is 7.92. The molecule has 0 saturated heterocycles. The van der Waals surface area contributed by atoms with E-state index in [1.165, 1.54) is 0 Å². The Morgan fingerprint density at radius 1 is 1.29 bits per heavy atom. The van der Waals surface area contributed by atoms with Crippen LogP contribution in [-0.2, 0) is 0 Å². The van der Waals surface area contributed by atoms with E-state index in [0.29, 0.717) is 13.0 Å². The lowest BCUT2D eigenvalue weighted by atomic mass is 10.2. The Kier molecular flexibility index (Phi) is 4.35. The minimum atomic E-state index is -4.81. The molecule has 1 rings (SSSR count). The van der Waals surface area contributed by atoms with Gasteiger partial charge in [-0.05, 0) is 18.2 Å². The van der Waals surface area contributed by atoms with Gasteiger partial charge in [0.1, 0.15) is 11.6 Å². The largest absolute Gasteiger partial charge is 0.573 e. The highest BCUT2D eigenvalue weighted by atomic mass is 19.4. The molecule has 0 unspecified atom stereocenters. The monoisotopic (exact) mass is 247 g/mol. The predicted octanol–water partition coefficient (Wildman–Crippen LogP) is 2.42. The third-order valence-corrected chi connectivity index (χ3v) is 1.66. The van der Waals surface area contributed by atoms with E-state index in [-0.39, 0.29) is 5.56 Å². The average Bonchev–Trinajstić information content (AvgIpc) is 2.21. The van der Waals surface area contributed by atoms with Crippen molar-refractivity contribution >= 4 is 0 Å². The second-order valence-electron chi connectivity index (χ2n) is 3.03. The van der Waals surface area contributed by atoms with Gasteiger partial charge in [-0.15, -0.1) is 13.2 Å². The first-order valence-corrected chi connectivity index (χ1v) is 4.66. The van der Waals surface area contributed by atoms with E-state index < -0.39 is 17.9 Å². The van der Waals surface area contributed by atoms with Crippen LogP contribution in [0.15, 0.2) is 18.2 Å². The highest BCUT2D eigenvalue weighted by Crippen LogP contribution is 2.24. The van der Waals surface area contributed by atoms with Crippen molar-refractivity contribution in [3.63, 3.8) is 0 Å². The summed E-state index contributed by atoms with van der Waals surface area (Å²) in [6.45, 7) is 0.299. The maximum absolute atomic E-state index is 13.2. The summed E-state index contributed by atoms with van der Waals surface area (Å²) in [5.41, 5.74) is 5.02. The Hall–Kier alpha value is -1.74. The van der Waals surface area contributed by atoms with Gasteiger partial charge in [0.2, 0.25) is 0 Å². The molecule has 0 heterocycles. The van der Waals surface area contributed by atoms with E-state index >= 15 is 0 Å². The summed E-state index contributed by atoms with van der Waals surface area (Å²) in [5, 5.41) is 0. The number of rotatable bonds is 2. The van der Waals surface area contributed by atoms with E-state index in [9.17, 15) is 17.6 Å². The minimum absolute atomic E-state index is 0.153. The van der Waals surface area contributed by atoms with E-state index in [2.05, 4.69) is 16.6 Å². The van der Waals surface area contributed by atoms with Crippen molar-refractivity contribution in [2.75, 3.05) is 6.54 Å². The summed E-state index contributed by atoms with van der Waals surface area (Å²) in [5.74, 6) is 3.71. The fourth-order valence-electron chi connectivity index (χ4n) is 1.03. The molecule has 0 aliphatic heterocycles. The molecule has 0 aliphatic rings. The molecule has 6 heteroatoms. The van der Waals surface area contributed by atoms with Crippen LogP contribution < -0.4 is 10.5 Å². The molecule has 0 fully saturated rings. The van der Waals surface area contributed by atoms with Crippen molar-refractivity contribution < 1.29 is 22.3 Å². The number of ether oxygens (including phenoxy) is 1. The normalized spacial score (nSPS) is 10.6. The quantitative estimate of drug-likeness (QED) is 0.643. The molecule has 0 atom stereocenters. The highest BCUT2D eigenvalue weighted by Gasteiger charge is 2.31. The van der Waals surface area contributed by atoms with Gasteiger partial charge in [0, 0.05) is 13.0 Å². The van der Waals surface area contributed by atoms with E-state index in [1.54, 1.807) is 0 Å². The van der Waals surface area contributed by atoms with Crippen LogP contribution in [0.2, 0.25) is 0 Å². The summed E-state index contributed by atoms with van der Waals surface area (Å²) in [7, 11) is 0. The number of alkyl halides is 3. The standard InChI is InChI=1S/C11H9F4NO/c12-10-5-4-9(17-11(13,14)15)7-8(10)3-1-2-6-16/h4-5,7H,2,6,16H2. The van der Waals surface area contributed by atoms with Gasteiger partial charge >= 0.3 is 6.36 Å². The van der Waals surface area contributed by atoms with Crippen molar-refractivity contribution in [1.82, 2.24) is 0 Å². The maximum Gasteiger partial charge on any atom is 0.573 e. The van der Waals surface area contributed by atoms with Gasteiger partial charge in [-0.1, -0.05) is 11.8 Å². The van der Waals surface area contributed by atoms with Crippen molar-refractivity contribution in [2.45, 2.75) is 12.8 Å². The first kappa shape index (κ1) is 13.3. The van der Waals surface area contributed by atoms with Crippen LogP contribution >= 0.6 is 0 Å². The molecule has 2 N–H and O–H groups in total. The third kappa shape index (κ3) is 4.74. The molecule has 0 radical (unpaired) electrons. The second kappa shape index (κ2) is 5.55. The van der Waals surface area contributed by atoms with Gasteiger partial charge in [-0.3, -0.25) is 0 Å². The number of hydrogen-bond donors (Lipinski definition) is 1. The van der Waals surface area contributed by atoms with E-state index in [0.717, 1.165) is 18.2 Å². The molecule has 92 valence electrons. The minimum Gasteiger partial charge on any atom is -0.406 e. The third-order valence-electron chi connectivity index (χ3n) is 1.66. The summed E-state index contributed by atoms with van der Waals surface area (Å²) < 4.78 is 52.5. The Labute approximate surface area is 95.4 Å². The number of nitrogens with two attached hydrogens (primary N) is 1. The molecule has 0 aromatic heterocycles. The summed E-state index contributed by atoms with van der Waals surface area (Å²) in [6, 6.07) is 2.65. The Morgan fingerprint density at radius 3 is 2.59 bits per heavy atom. The molecule has 2 nitrogen and oxygen atoms in total. The first-order valence-electron chi connectivity index (χ1n) is 4.66. The SMILES string of the molecule is NCCC#Cc1cc(OC(F)(F)F)ccc1F. The Bertz CT molecular complexity index is 445. The molecule has 0 amide bonds. The highest BCUT2D eigenvalue weighted by molar-refractivity contribution is 5.41. The van der Waals surface area contributed by atoms with Crippen LogP contribution in [0.1, 0.15) is 12.0 Å². The van der Waals surface area contributed by atoms with Crippen LogP contribution in [0.3, 0.4) is 0 Å². The van der Waals surface area contributed by atoms with Crippen LogP contribution in [-0.4, -0.2) is 12.9 Å². The zero-order valence-corrected chi connectivity index (χ0v) is 8.64. The van der Waals surface area contributed by atoms with E-state index in [4.69, 9.17) is 5.73 Å². The number of hydrogen-bond acceptors (Lipinski definition) is 2. The topological polar surface area (TPSA) is 35.2 Å². The van der Waals surface area contributed by atoms with Crippen molar-refractivity contribution in [3.8, 4) is 17.6 Å². The molecule has 1 aromatic carbocycles. The fraction of sp³-hybridized carbons (Fsp3) is 0.273. The van der Waals surface area contributed by atoms with Crippen molar-refractivity contribution in [3.05, 3.63) is 29.6 Å². The molecule has 0 aliphatic carbocycles. The lowest BCUT2D eigenvalue weighted by Gasteiger charge is -2.08. The van der Waals surface area contributed by atoms with E-state index in [1.807, 2.05) is 0 Å². The van der Waals surface area contributed by atoms with Gasteiger partial charge in [0.25, 0.3) is 0 Å². The van der Waals surface area contributed by atoms with Crippen LogP contribution in [0.4, 0.5) is 17.6 Å². The zero-order chi connectivity index (χ0) is 12.9. The molecule has 1 aromatic rings. The lowest BCUT2D eigenvalue weighted by molar-refractivity contribution is -0.274. The molecular weight excluding hydrogens is 238 g/mol. The van der Waals surface area contributed by atoms with Gasteiger partial charge in [-0.2, -0.15) is 0 Å². The fourth-order valence-corrected chi connectivity index (χ4v) is 1.03.